The van der Waals surface area contributed by atoms with Gasteiger partial charge in [0, 0.05) is 46.1 Å². The maximum Gasteiger partial charge on any atom is 0.407 e. The molecule has 3 aromatic rings. The number of fused-ring (bicyclic) bond motifs is 1. The molecular formula is C23H20ClF3N6O3S. The number of rotatable bonds is 6. The molecule has 2 aromatic heterocycles. The van der Waals surface area contributed by atoms with Crippen molar-refractivity contribution < 1.29 is 27.8 Å². The Hall–Kier alpha value is -3.42. The zero-order valence-electron chi connectivity index (χ0n) is 19.2. The van der Waals surface area contributed by atoms with E-state index in [2.05, 4.69) is 15.4 Å². The normalized spacial score (nSPS) is 21.3. The number of halogens is 4. The van der Waals surface area contributed by atoms with E-state index in [9.17, 15) is 23.1 Å². The monoisotopic (exact) mass is 552 g/mol. The molecule has 9 nitrogen and oxygen atoms in total. The lowest BCUT2D eigenvalue weighted by atomic mass is 9.90. The fourth-order valence-electron chi connectivity index (χ4n) is 4.56. The number of amides is 1. The van der Waals surface area contributed by atoms with Crippen molar-refractivity contribution in [2.45, 2.75) is 24.6 Å². The highest BCUT2D eigenvalue weighted by Crippen LogP contribution is 2.48. The number of alkyl halides is 2. The predicted molar refractivity (Wildman–Crippen MR) is 130 cm³/mol. The van der Waals surface area contributed by atoms with E-state index in [1.54, 1.807) is 16.5 Å². The minimum atomic E-state index is -2.87. The number of nitrogens with zero attached hydrogens (tertiary/aromatic N) is 5. The topological polar surface area (TPSA) is 105 Å². The highest BCUT2D eigenvalue weighted by Gasteiger charge is 2.48. The molecule has 2 atom stereocenters. The molecule has 14 heteroatoms. The van der Waals surface area contributed by atoms with Gasteiger partial charge in [0.05, 0.1) is 31.5 Å². The first kappa shape index (κ1) is 25.2. The minimum Gasteiger partial charge on any atom is -0.453 e. The van der Waals surface area contributed by atoms with Gasteiger partial charge in [0.1, 0.15) is 11.9 Å². The van der Waals surface area contributed by atoms with E-state index >= 15 is 0 Å². The Bertz CT molecular complexity index is 1400. The van der Waals surface area contributed by atoms with Crippen LogP contribution in [0.5, 0.6) is 0 Å². The molecule has 4 heterocycles. The summed E-state index contributed by atoms with van der Waals surface area (Å²) in [4.78, 5) is 23.2. The first-order valence-corrected chi connectivity index (χ1v) is 12.2. The zero-order valence-corrected chi connectivity index (χ0v) is 20.8. The van der Waals surface area contributed by atoms with Gasteiger partial charge in [0.25, 0.3) is 0 Å². The van der Waals surface area contributed by atoms with Gasteiger partial charge in [-0.05, 0) is 18.2 Å². The van der Waals surface area contributed by atoms with Crippen molar-refractivity contribution in [3.05, 3.63) is 74.8 Å². The summed E-state index contributed by atoms with van der Waals surface area (Å²) in [5.41, 5.74) is 0.428. The molecule has 194 valence electrons. The lowest BCUT2D eigenvalue weighted by Crippen LogP contribution is -2.53. The quantitative estimate of drug-likeness (QED) is 0.474. The van der Waals surface area contributed by atoms with Crippen molar-refractivity contribution >= 4 is 40.4 Å². The van der Waals surface area contributed by atoms with Crippen molar-refractivity contribution in [3.8, 4) is 0 Å². The Balaban J connectivity index is 1.75. The van der Waals surface area contributed by atoms with Gasteiger partial charge < -0.3 is 20.1 Å². The Morgan fingerprint density at radius 3 is 2.84 bits per heavy atom. The lowest BCUT2D eigenvalue weighted by molar-refractivity contribution is 0.0564. The summed E-state index contributed by atoms with van der Waals surface area (Å²) in [5, 5.41) is 19.5. The standard InChI is InChI=1S/C23H20ClF3N6O3S/c1-36-22(35)30-23(11-34)9-16-17(15-4-6-33(31-15)21(26)27)18(13-3-2-12(25)8-14(13)24)29-19(32(16)10-23)20-28-5-7-37-20/h2-8,18,21,34H,9-11H2,1H3,(H,30,35)/t18-,23-/m0/s1. The molecule has 0 bridgehead atoms. The second-order valence-corrected chi connectivity index (χ2v) is 9.80. The van der Waals surface area contributed by atoms with Gasteiger partial charge in [0.2, 0.25) is 0 Å². The first-order valence-electron chi connectivity index (χ1n) is 11.0. The number of alkyl carbamates (subject to hydrolysis) is 1. The van der Waals surface area contributed by atoms with Gasteiger partial charge in [-0.3, -0.25) is 4.99 Å². The number of methoxy groups -OCH3 is 1. The smallest absolute Gasteiger partial charge is 0.407 e. The molecule has 5 rings (SSSR count). The van der Waals surface area contributed by atoms with E-state index in [0.29, 0.717) is 32.4 Å². The molecule has 2 aliphatic heterocycles. The summed E-state index contributed by atoms with van der Waals surface area (Å²) in [5.74, 6) is -0.122. The van der Waals surface area contributed by atoms with Crippen LogP contribution in [0.15, 0.2) is 52.7 Å². The maximum absolute atomic E-state index is 13.9. The molecule has 0 radical (unpaired) electrons. The molecule has 0 unspecified atom stereocenters. The molecule has 2 N–H and O–H groups in total. The van der Waals surface area contributed by atoms with E-state index in [0.717, 1.165) is 12.3 Å². The van der Waals surface area contributed by atoms with Crippen LogP contribution >= 0.6 is 22.9 Å². The summed E-state index contributed by atoms with van der Waals surface area (Å²) in [6, 6.07) is 4.41. The number of hydrogen-bond acceptors (Lipinski definition) is 8. The van der Waals surface area contributed by atoms with Gasteiger partial charge in [0.15, 0.2) is 10.8 Å². The Kier molecular flexibility index (Phi) is 6.68. The van der Waals surface area contributed by atoms with Crippen molar-refractivity contribution in [2.24, 2.45) is 4.99 Å². The highest BCUT2D eigenvalue weighted by atomic mass is 35.5. The van der Waals surface area contributed by atoms with Crippen LogP contribution in [0.2, 0.25) is 5.02 Å². The molecule has 1 saturated heterocycles. The van der Waals surface area contributed by atoms with Crippen LogP contribution < -0.4 is 5.32 Å². The molecule has 0 spiro atoms. The van der Waals surface area contributed by atoms with Crippen molar-refractivity contribution in [1.29, 1.82) is 0 Å². The van der Waals surface area contributed by atoms with Gasteiger partial charge in [-0.15, -0.1) is 11.3 Å². The second-order valence-electron chi connectivity index (χ2n) is 8.50. The molecule has 1 amide bonds. The highest BCUT2D eigenvalue weighted by molar-refractivity contribution is 7.11. The lowest BCUT2D eigenvalue weighted by Gasteiger charge is -2.32. The van der Waals surface area contributed by atoms with Crippen LogP contribution in [-0.2, 0) is 4.74 Å². The molecule has 0 aliphatic carbocycles. The van der Waals surface area contributed by atoms with Crippen molar-refractivity contribution in [1.82, 2.24) is 25.0 Å². The average Bonchev–Trinajstić information content (AvgIpc) is 3.63. The third-order valence-corrected chi connectivity index (χ3v) is 7.30. The van der Waals surface area contributed by atoms with Crippen LogP contribution in [0, 0.1) is 5.82 Å². The number of aliphatic hydroxyl groups is 1. The van der Waals surface area contributed by atoms with Crippen LogP contribution in [0.1, 0.15) is 35.3 Å². The fourth-order valence-corrected chi connectivity index (χ4v) is 5.47. The number of thiazole rings is 1. The number of carbonyl (C=O) groups is 1. The molecule has 37 heavy (non-hydrogen) atoms. The maximum atomic E-state index is 13.9. The number of aromatic nitrogens is 3. The number of hydrogen-bond donors (Lipinski definition) is 2. The molecule has 1 aromatic carbocycles. The van der Waals surface area contributed by atoms with Gasteiger partial charge >= 0.3 is 12.6 Å². The number of carbonyl (C=O) groups excluding carboxylic acids is 1. The van der Waals surface area contributed by atoms with E-state index in [4.69, 9.17) is 21.3 Å². The predicted octanol–water partition coefficient (Wildman–Crippen LogP) is 4.23. The minimum absolute atomic E-state index is 0.0891. The largest absolute Gasteiger partial charge is 0.453 e. The van der Waals surface area contributed by atoms with Crippen LogP contribution in [0.4, 0.5) is 18.0 Å². The van der Waals surface area contributed by atoms with E-state index in [1.807, 2.05) is 0 Å². The summed E-state index contributed by atoms with van der Waals surface area (Å²) in [7, 11) is 1.21. The second kappa shape index (κ2) is 9.80. The number of ether oxygens (including phenoxy) is 1. The van der Waals surface area contributed by atoms with Crippen LogP contribution in [0.3, 0.4) is 0 Å². The van der Waals surface area contributed by atoms with Crippen molar-refractivity contribution in [2.75, 3.05) is 20.3 Å². The Morgan fingerprint density at radius 1 is 1.41 bits per heavy atom. The number of nitrogens with one attached hydrogen (secondary N) is 1. The third kappa shape index (κ3) is 4.58. The SMILES string of the molecule is COC(=O)N[C@@]1(CO)CC2=C(c3ccn(C(F)F)n3)[C@H](c3ccc(F)cc3Cl)N=C(c3nccs3)N2C1. The van der Waals surface area contributed by atoms with Crippen molar-refractivity contribution in [3.63, 3.8) is 0 Å². The van der Waals surface area contributed by atoms with Gasteiger partial charge in [-0.1, -0.05) is 17.7 Å². The molecule has 0 saturated carbocycles. The Labute approximate surface area is 217 Å². The zero-order chi connectivity index (χ0) is 26.3. The van der Waals surface area contributed by atoms with Gasteiger partial charge in [-0.2, -0.15) is 13.9 Å². The first-order chi connectivity index (χ1) is 17.7. The molecule has 2 aliphatic rings. The summed E-state index contributed by atoms with van der Waals surface area (Å²) in [6.45, 7) is -3.23. The van der Waals surface area contributed by atoms with Gasteiger partial charge in [-0.25, -0.2) is 18.9 Å². The Morgan fingerprint density at radius 2 is 2.22 bits per heavy atom. The summed E-state index contributed by atoms with van der Waals surface area (Å²) in [6.07, 6.45) is 2.09. The van der Waals surface area contributed by atoms with Crippen LogP contribution in [0.25, 0.3) is 5.57 Å². The average molecular weight is 553 g/mol. The number of benzene rings is 1. The third-order valence-electron chi connectivity index (χ3n) is 6.20. The molecular weight excluding hydrogens is 533 g/mol. The van der Waals surface area contributed by atoms with E-state index < -0.39 is 36.6 Å². The molecule has 1 fully saturated rings. The number of aliphatic hydroxyl groups excluding tert-OH is 1. The summed E-state index contributed by atoms with van der Waals surface area (Å²) >= 11 is 7.76. The fraction of sp³-hybridized carbons (Fsp3) is 0.304. The summed E-state index contributed by atoms with van der Waals surface area (Å²) < 4.78 is 46.1. The van der Waals surface area contributed by atoms with Crippen LogP contribution in [-0.4, -0.2) is 62.5 Å². The number of aliphatic imine (C=N–C) groups is 1. The van der Waals surface area contributed by atoms with E-state index in [1.165, 1.54) is 36.6 Å². The number of amidine groups is 1. The van der Waals surface area contributed by atoms with E-state index in [-0.39, 0.29) is 23.7 Å².